The van der Waals surface area contributed by atoms with E-state index >= 15 is 0 Å². The van der Waals surface area contributed by atoms with Crippen LogP contribution in [0.15, 0.2) is 12.7 Å². The first-order valence-corrected chi connectivity index (χ1v) is 15.1. The molecule has 0 heterocycles. The van der Waals surface area contributed by atoms with Crippen LogP contribution in [0.5, 0.6) is 0 Å². The number of aliphatic hydroxyl groups is 1. The van der Waals surface area contributed by atoms with Crippen molar-refractivity contribution in [2.45, 2.75) is 135 Å². The summed E-state index contributed by atoms with van der Waals surface area (Å²) in [5.41, 5.74) is 0. The first-order chi connectivity index (χ1) is 15.8. The maximum Gasteiger partial charge on any atom is 0.328 e. The van der Waals surface area contributed by atoms with Crippen molar-refractivity contribution in [3.63, 3.8) is 0 Å². The zero-order chi connectivity index (χ0) is 24.6. The van der Waals surface area contributed by atoms with E-state index < -0.39 is 25.8 Å². The molecule has 0 fully saturated rings. The molecule has 0 saturated carbocycles. The number of ether oxygens (including phenoxy) is 1. The van der Waals surface area contributed by atoms with Crippen LogP contribution in [0.4, 0.5) is 0 Å². The molecule has 3 N–H and O–H groups in total. The number of rotatable bonds is 25. The Kier molecular flexibility index (Phi) is 22.6. The molecular formula is C26H51O6P. The van der Waals surface area contributed by atoms with E-state index in [-0.39, 0.29) is 6.61 Å². The molecule has 0 aliphatic heterocycles. The van der Waals surface area contributed by atoms with Gasteiger partial charge in [-0.15, -0.1) is 6.58 Å². The van der Waals surface area contributed by atoms with Crippen LogP contribution in [0, 0.1) is 0 Å². The van der Waals surface area contributed by atoms with Crippen LogP contribution < -0.4 is 0 Å². The predicted octanol–water partition coefficient (Wildman–Crippen LogP) is 7.06. The van der Waals surface area contributed by atoms with Crippen molar-refractivity contribution in [1.82, 2.24) is 0 Å². The molecule has 0 aromatic rings. The normalized spacial score (nSPS) is 12.6. The maximum atomic E-state index is 11.6. The van der Waals surface area contributed by atoms with Gasteiger partial charge in [-0.2, -0.15) is 0 Å². The van der Waals surface area contributed by atoms with Crippen LogP contribution in [0.1, 0.15) is 128 Å². The minimum atomic E-state index is -4.28. The lowest BCUT2D eigenvalue weighted by atomic mass is 10.0. The van der Waals surface area contributed by atoms with Crippen molar-refractivity contribution in [3.05, 3.63) is 12.7 Å². The summed E-state index contributed by atoms with van der Waals surface area (Å²) >= 11 is 0. The van der Waals surface area contributed by atoms with Crippen LogP contribution in [-0.2, 0) is 14.1 Å². The van der Waals surface area contributed by atoms with Crippen LogP contribution in [0.25, 0.3) is 0 Å². The van der Waals surface area contributed by atoms with Crippen LogP contribution in [-0.4, -0.2) is 39.7 Å². The fourth-order valence-electron chi connectivity index (χ4n) is 3.97. The van der Waals surface area contributed by atoms with Crippen molar-refractivity contribution in [3.8, 4) is 0 Å². The number of hydrogen-bond donors (Lipinski definition) is 3. The lowest BCUT2D eigenvalue weighted by Gasteiger charge is -2.12. The number of esters is 1. The van der Waals surface area contributed by atoms with Gasteiger partial charge in [0.2, 0.25) is 0 Å². The smallest absolute Gasteiger partial charge is 0.328 e. The maximum absolute atomic E-state index is 11.6. The van der Waals surface area contributed by atoms with E-state index in [1.807, 2.05) is 6.08 Å². The van der Waals surface area contributed by atoms with E-state index in [9.17, 15) is 14.5 Å². The summed E-state index contributed by atoms with van der Waals surface area (Å²) in [6.45, 7) is 3.40. The molecule has 0 aromatic heterocycles. The highest BCUT2D eigenvalue weighted by molar-refractivity contribution is 7.51. The fourth-order valence-corrected chi connectivity index (χ4v) is 4.63. The van der Waals surface area contributed by atoms with E-state index in [4.69, 9.17) is 14.5 Å². The summed E-state index contributed by atoms with van der Waals surface area (Å²) in [6, 6.07) is 0. The number of aliphatic hydroxyl groups excluding tert-OH is 1. The lowest BCUT2D eigenvalue weighted by molar-refractivity contribution is -0.146. The number of carbonyl (C=O) groups is 1. The van der Waals surface area contributed by atoms with Crippen LogP contribution in [0.2, 0.25) is 0 Å². The van der Waals surface area contributed by atoms with Gasteiger partial charge in [-0.05, 0) is 19.3 Å². The number of allylic oxidation sites excluding steroid dienone is 1. The van der Waals surface area contributed by atoms with Crippen molar-refractivity contribution in [1.29, 1.82) is 0 Å². The Morgan fingerprint density at radius 1 is 0.727 bits per heavy atom. The Balaban J connectivity index is 3.23. The summed E-state index contributed by atoms with van der Waals surface area (Å²) in [7, 11) is -4.28. The summed E-state index contributed by atoms with van der Waals surface area (Å²) in [5, 5.41) is 9.40. The molecule has 0 radical (unpaired) electrons. The highest BCUT2D eigenvalue weighted by Crippen LogP contribution is 2.34. The Hall–Kier alpha value is -0.680. The number of hydrogen-bond acceptors (Lipinski definition) is 4. The summed E-state index contributed by atoms with van der Waals surface area (Å²) < 4.78 is 15.6. The molecule has 0 spiro atoms. The first kappa shape index (κ1) is 32.3. The first-order valence-electron chi connectivity index (χ1n) is 13.3. The molecule has 6 nitrogen and oxygen atoms in total. The second-order valence-corrected chi connectivity index (χ2v) is 11.1. The van der Waals surface area contributed by atoms with Gasteiger partial charge in [0.15, 0.2) is 0 Å². The average molecular weight is 491 g/mol. The van der Waals surface area contributed by atoms with Crippen LogP contribution in [0.3, 0.4) is 0 Å². The monoisotopic (exact) mass is 490 g/mol. The highest BCUT2D eigenvalue weighted by Gasteiger charge is 2.20. The Labute approximate surface area is 202 Å². The molecule has 0 aromatic carbocycles. The third kappa shape index (κ3) is 27.4. The third-order valence-electron chi connectivity index (χ3n) is 5.92. The minimum Gasteiger partial charge on any atom is -0.463 e. The molecule has 196 valence electrons. The van der Waals surface area contributed by atoms with Gasteiger partial charge >= 0.3 is 13.6 Å². The number of unbranched alkanes of at least 4 members (excludes halogenated alkanes) is 18. The van der Waals surface area contributed by atoms with E-state index in [1.165, 1.54) is 103 Å². The third-order valence-corrected chi connectivity index (χ3v) is 6.82. The fraction of sp³-hybridized carbons (Fsp3) is 0.885. The molecular weight excluding hydrogens is 439 g/mol. The number of carbonyl (C=O) groups excluding carboxylic acids is 1. The molecule has 1 unspecified atom stereocenters. The lowest BCUT2D eigenvalue weighted by Crippen LogP contribution is -2.22. The second-order valence-electron chi connectivity index (χ2n) is 9.38. The van der Waals surface area contributed by atoms with Crippen molar-refractivity contribution >= 4 is 13.6 Å². The largest absolute Gasteiger partial charge is 0.463 e. The van der Waals surface area contributed by atoms with E-state index in [1.54, 1.807) is 0 Å². The Morgan fingerprint density at radius 3 is 1.45 bits per heavy atom. The molecule has 7 heteroatoms. The van der Waals surface area contributed by atoms with Crippen molar-refractivity contribution < 1.29 is 29.0 Å². The second kappa shape index (κ2) is 23.1. The molecule has 33 heavy (non-hydrogen) atoms. The molecule has 0 bridgehead atoms. The van der Waals surface area contributed by atoms with E-state index in [0.29, 0.717) is 6.42 Å². The van der Waals surface area contributed by atoms with Gasteiger partial charge in [-0.25, -0.2) is 0 Å². The highest BCUT2D eigenvalue weighted by atomic mass is 31.2. The zero-order valence-corrected chi connectivity index (χ0v) is 21.8. The molecule has 0 aliphatic carbocycles. The van der Waals surface area contributed by atoms with Crippen molar-refractivity contribution in [2.75, 3.05) is 12.8 Å². The van der Waals surface area contributed by atoms with Gasteiger partial charge in [-0.1, -0.05) is 109 Å². The van der Waals surface area contributed by atoms with Gasteiger partial charge in [0, 0.05) is 6.42 Å². The molecule has 0 amide bonds. The summed E-state index contributed by atoms with van der Waals surface area (Å²) in [5.74, 6) is -0.418. The van der Waals surface area contributed by atoms with Gasteiger partial charge in [-0.3, -0.25) is 9.36 Å². The Morgan fingerprint density at radius 2 is 1.09 bits per heavy atom. The van der Waals surface area contributed by atoms with E-state index in [0.717, 1.165) is 19.3 Å². The zero-order valence-electron chi connectivity index (χ0n) is 20.9. The quantitative estimate of drug-likeness (QED) is 0.0548. The topological polar surface area (TPSA) is 104 Å². The molecule has 0 saturated heterocycles. The minimum absolute atomic E-state index is 0.290. The van der Waals surface area contributed by atoms with E-state index in [2.05, 4.69) is 6.58 Å². The molecule has 0 rings (SSSR count). The Bertz CT molecular complexity index is 505. The summed E-state index contributed by atoms with van der Waals surface area (Å²) in [4.78, 5) is 29.1. The van der Waals surface area contributed by atoms with Crippen LogP contribution >= 0.6 is 7.60 Å². The van der Waals surface area contributed by atoms with Gasteiger partial charge < -0.3 is 19.6 Å². The summed E-state index contributed by atoms with van der Waals surface area (Å²) in [6.07, 6.45) is 24.5. The van der Waals surface area contributed by atoms with Gasteiger partial charge in [0.05, 0.1) is 12.3 Å². The van der Waals surface area contributed by atoms with Gasteiger partial charge in [0.1, 0.15) is 6.61 Å². The standard InChI is InChI=1S/C26H51O6P/c1-2-3-4-5-6-7-8-9-10-11-12-13-14-15-16-17-18-19-20-21-22-26(28)32-23-25(27)24-33(29,30)31/h2,25,27H,1,3-24H2,(H2,29,30,31). The average Bonchev–Trinajstić information content (AvgIpc) is 2.75. The predicted molar refractivity (Wildman–Crippen MR) is 136 cm³/mol. The molecule has 1 atom stereocenters. The SMILES string of the molecule is C=CCCCCCCCCCCCCCCCCCCCCC(=O)OCC(O)CP(=O)(O)O. The van der Waals surface area contributed by atoms with Gasteiger partial charge in [0.25, 0.3) is 0 Å². The molecule has 0 aliphatic rings. The van der Waals surface area contributed by atoms with Crippen molar-refractivity contribution in [2.24, 2.45) is 0 Å².